The van der Waals surface area contributed by atoms with Crippen LogP contribution in [0.25, 0.3) is 11.2 Å². The van der Waals surface area contributed by atoms with Crippen LogP contribution in [0.15, 0.2) is 6.33 Å². The molecule has 0 aromatic carbocycles. The fourth-order valence-corrected chi connectivity index (χ4v) is 6.83. The number of phosphoric acid groups is 3. The van der Waals surface area contributed by atoms with Crippen molar-refractivity contribution in [3.8, 4) is 11.8 Å². The zero-order chi connectivity index (χ0) is 28.0. The molecule has 2 aromatic rings. The van der Waals surface area contributed by atoms with Gasteiger partial charge >= 0.3 is 23.5 Å². The van der Waals surface area contributed by atoms with E-state index in [1.54, 1.807) is 0 Å². The maximum Gasteiger partial charge on any atom is 0.490 e. The minimum Gasteiger partial charge on any atom is -0.386 e. The van der Waals surface area contributed by atoms with Gasteiger partial charge in [0, 0.05) is 0 Å². The monoisotopic (exact) mass is 609 g/mol. The van der Waals surface area contributed by atoms with Gasteiger partial charge in [-0.05, 0) is 6.92 Å². The molecular formula is C14H19FN5O13P3S. The zero-order valence-corrected chi connectivity index (χ0v) is 21.7. The standard InChI is InChI=1S/C14H19FN5O13P3S/c1-6(31-35(26,27)33-36(28,29)32-34(23,24)25)8-9(21)14(22,3-2-4-15)12(30-8)20-5-17-7-10(20)18-13(16)19-11(7)37/h5-6,8-9,12,21-22H,4H2,1H3,(H,26,27)(H,28,29)(H2,23,24,25)(H3,16,18,19,37)/t6-,8-,9+,12-,14?/m1/s1. The summed E-state index contributed by atoms with van der Waals surface area (Å²) >= 11 is 5.07. The molecule has 3 heterocycles. The highest BCUT2D eigenvalue weighted by Crippen LogP contribution is 2.66. The first-order valence-corrected chi connectivity index (χ1v) is 14.5. The molecule has 1 aliphatic heterocycles. The largest absolute Gasteiger partial charge is 0.490 e. The number of anilines is 1. The van der Waals surface area contributed by atoms with Crippen molar-refractivity contribution in [3.05, 3.63) is 11.0 Å². The summed E-state index contributed by atoms with van der Waals surface area (Å²) in [5, 5.41) is 22.0. The summed E-state index contributed by atoms with van der Waals surface area (Å²) in [4.78, 5) is 46.8. The first-order valence-electron chi connectivity index (χ1n) is 9.55. The highest BCUT2D eigenvalue weighted by Gasteiger charge is 2.58. The molecule has 18 nitrogen and oxygen atoms in total. The summed E-state index contributed by atoms with van der Waals surface area (Å²) in [5.74, 6) is 3.90. The van der Waals surface area contributed by atoms with Gasteiger partial charge in [0.1, 0.15) is 30.0 Å². The molecule has 3 rings (SSSR count). The second-order valence-electron chi connectivity index (χ2n) is 7.34. The number of alkyl halides is 1. The van der Waals surface area contributed by atoms with Gasteiger partial charge in [-0.3, -0.25) is 9.09 Å². The third-order valence-electron chi connectivity index (χ3n) is 4.68. The van der Waals surface area contributed by atoms with E-state index in [4.69, 9.17) is 32.5 Å². The summed E-state index contributed by atoms with van der Waals surface area (Å²) in [6.07, 6.45) is -6.21. The maximum absolute atomic E-state index is 12.8. The van der Waals surface area contributed by atoms with Gasteiger partial charge in [-0.15, -0.1) is 0 Å². The number of fused-ring (bicyclic) bond motifs is 1. The number of aliphatic hydroxyl groups excluding tert-OH is 1. The topological polar surface area (TPSA) is 282 Å². The molecule has 0 bridgehead atoms. The van der Waals surface area contributed by atoms with Crippen molar-refractivity contribution in [1.29, 1.82) is 0 Å². The van der Waals surface area contributed by atoms with Crippen LogP contribution in [0.1, 0.15) is 13.2 Å². The van der Waals surface area contributed by atoms with Gasteiger partial charge in [-0.25, -0.2) is 28.1 Å². The lowest BCUT2D eigenvalue weighted by Gasteiger charge is -2.27. The van der Waals surface area contributed by atoms with E-state index in [2.05, 4.69) is 34.0 Å². The van der Waals surface area contributed by atoms with E-state index in [-0.39, 0.29) is 21.8 Å². The third kappa shape index (κ3) is 6.68. The van der Waals surface area contributed by atoms with Crippen molar-refractivity contribution >= 4 is 52.8 Å². The number of hydrogen-bond acceptors (Lipinski definition) is 13. The Bertz CT molecular complexity index is 1450. The predicted octanol–water partition coefficient (Wildman–Crippen LogP) is -0.235. The van der Waals surface area contributed by atoms with Crippen molar-refractivity contribution in [3.63, 3.8) is 0 Å². The number of aromatic amines is 1. The number of imidazole rings is 1. The molecule has 2 aromatic heterocycles. The van der Waals surface area contributed by atoms with Crippen LogP contribution < -0.4 is 5.73 Å². The Labute approximate surface area is 210 Å². The SMILES string of the molecule is C[C@@H](OP(=O)(O)OP(=O)(O)OP(=O)(O)O)[C@H]1O[C@@H](n2cnc3c(=S)nc(N)[nH]c32)C(O)(C#CCF)[C@H]1O. The predicted molar refractivity (Wildman–Crippen MR) is 120 cm³/mol. The molecule has 1 saturated heterocycles. The lowest BCUT2D eigenvalue weighted by molar-refractivity contribution is -0.0831. The number of nitrogens with two attached hydrogens (primary N) is 1. The molecule has 9 N–H and O–H groups in total. The van der Waals surface area contributed by atoms with E-state index in [1.807, 2.05) is 5.92 Å². The normalized spacial score (nSPS) is 28.3. The number of aliphatic hydroxyl groups is 2. The number of aromatic nitrogens is 4. The average Bonchev–Trinajstić information content (AvgIpc) is 3.23. The number of phosphoric ester groups is 1. The molecule has 7 atom stereocenters. The molecule has 0 amide bonds. The number of ether oxygens (including phenoxy) is 1. The van der Waals surface area contributed by atoms with Crippen molar-refractivity contribution in [1.82, 2.24) is 19.5 Å². The van der Waals surface area contributed by atoms with E-state index < -0.39 is 60.3 Å². The summed E-state index contributed by atoms with van der Waals surface area (Å²) in [7, 11) is -17.1. The number of nitrogens with one attached hydrogen (secondary N) is 1. The first kappa shape index (κ1) is 29.9. The van der Waals surface area contributed by atoms with Gasteiger partial charge in [0.2, 0.25) is 0 Å². The first-order chi connectivity index (χ1) is 16.9. The summed E-state index contributed by atoms with van der Waals surface area (Å²) in [6.45, 7) is -0.244. The highest BCUT2D eigenvalue weighted by atomic mass is 32.1. The third-order valence-corrected chi connectivity index (χ3v) is 8.89. The summed E-state index contributed by atoms with van der Waals surface area (Å²) in [5.41, 5.74) is 3.18. The van der Waals surface area contributed by atoms with Gasteiger partial charge < -0.3 is 45.2 Å². The van der Waals surface area contributed by atoms with E-state index in [0.29, 0.717) is 0 Å². The molecule has 1 aliphatic rings. The van der Waals surface area contributed by atoms with Crippen LogP contribution in [-0.4, -0.2) is 79.9 Å². The second-order valence-corrected chi connectivity index (χ2v) is 12.1. The number of hydrogen-bond donors (Lipinski definition) is 8. The van der Waals surface area contributed by atoms with Crippen LogP contribution in [-0.2, 0) is 31.6 Å². The molecule has 23 heteroatoms. The molecule has 1 fully saturated rings. The van der Waals surface area contributed by atoms with Crippen molar-refractivity contribution in [2.45, 2.75) is 37.1 Å². The lowest BCUT2D eigenvalue weighted by atomic mass is 9.92. The second kappa shape index (κ2) is 10.5. The minimum atomic E-state index is -5.83. The number of H-pyrrole nitrogens is 1. The Kier molecular flexibility index (Phi) is 8.48. The molecule has 0 saturated carbocycles. The summed E-state index contributed by atoms with van der Waals surface area (Å²) < 4.78 is 65.9. The number of nitrogen functional groups attached to an aromatic ring is 1. The van der Waals surface area contributed by atoms with E-state index in [0.717, 1.165) is 17.8 Å². The Morgan fingerprint density at radius 2 is 1.97 bits per heavy atom. The minimum absolute atomic E-state index is 0.0383. The lowest BCUT2D eigenvalue weighted by Crippen LogP contribution is -2.47. The zero-order valence-electron chi connectivity index (χ0n) is 18.2. The molecular weight excluding hydrogens is 590 g/mol. The van der Waals surface area contributed by atoms with Crippen LogP contribution >= 0.6 is 35.7 Å². The van der Waals surface area contributed by atoms with Crippen LogP contribution in [0.5, 0.6) is 0 Å². The van der Waals surface area contributed by atoms with Crippen LogP contribution in [0.4, 0.5) is 10.3 Å². The highest BCUT2D eigenvalue weighted by molar-refractivity contribution is 7.71. The van der Waals surface area contributed by atoms with Crippen molar-refractivity contribution in [2.24, 2.45) is 0 Å². The Hall–Kier alpha value is -1.65. The maximum atomic E-state index is 12.8. The van der Waals surface area contributed by atoms with Crippen molar-refractivity contribution in [2.75, 3.05) is 12.4 Å². The van der Waals surface area contributed by atoms with Crippen LogP contribution in [0, 0.1) is 16.5 Å². The van der Waals surface area contributed by atoms with Gasteiger partial charge in [-0.2, -0.15) is 8.62 Å². The number of halogens is 1. The van der Waals surface area contributed by atoms with E-state index >= 15 is 0 Å². The van der Waals surface area contributed by atoms with E-state index in [1.165, 1.54) is 0 Å². The Morgan fingerprint density at radius 3 is 2.57 bits per heavy atom. The number of rotatable bonds is 8. The molecule has 37 heavy (non-hydrogen) atoms. The van der Waals surface area contributed by atoms with E-state index in [9.17, 15) is 38.1 Å². The van der Waals surface area contributed by atoms with Gasteiger partial charge in [0.05, 0.1) is 12.4 Å². The molecule has 0 spiro atoms. The average molecular weight is 609 g/mol. The molecule has 0 radical (unpaired) electrons. The number of nitrogens with zero attached hydrogens (tertiary/aromatic N) is 3. The van der Waals surface area contributed by atoms with Crippen LogP contribution in [0.2, 0.25) is 0 Å². The summed E-state index contributed by atoms with van der Waals surface area (Å²) in [6, 6.07) is 0. The van der Waals surface area contributed by atoms with Crippen LogP contribution in [0.3, 0.4) is 0 Å². The molecule has 206 valence electrons. The quantitative estimate of drug-likeness (QED) is 0.109. The fourth-order valence-electron chi connectivity index (χ4n) is 3.38. The molecule has 0 aliphatic carbocycles. The Morgan fingerprint density at radius 1 is 1.32 bits per heavy atom. The Balaban J connectivity index is 1.95. The van der Waals surface area contributed by atoms with Gasteiger partial charge in [0.15, 0.2) is 22.4 Å². The van der Waals surface area contributed by atoms with Gasteiger partial charge in [-0.1, -0.05) is 24.1 Å². The van der Waals surface area contributed by atoms with Crippen molar-refractivity contribution < 1.29 is 65.8 Å². The smallest absolute Gasteiger partial charge is 0.386 e. The van der Waals surface area contributed by atoms with Gasteiger partial charge in [0.25, 0.3) is 0 Å². The fraction of sp³-hybridized carbons (Fsp3) is 0.500. The molecule has 3 unspecified atom stereocenters.